The standard InChI is InChI=1S/C24H26N4O4/c1-2-31-22-15-18(7-9-21(22)32-17-24(29)28-11-13-30-14-12-28)16-25-27-23-10-8-19-5-3-4-6-20(19)26-23/h3-10,15-16H,2,11-14,17H2,1H3,(H,26,27). The summed E-state index contributed by atoms with van der Waals surface area (Å²) in [6.45, 7) is 4.65. The largest absolute Gasteiger partial charge is 0.490 e. The first-order chi connectivity index (χ1) is 15.7. The molecule has 3 aromatic rings. The Bertz CT molecular complexity index is 1100. The van der Waals surface area contributed by atoms with Gasteiger partial charge < -0.3 is 19.1 Å². The van der Waals surface area contributed by atoms with E-state index in [2.05, 4.69) is 15.5 Å². The summed E-state index contributed by atoms with van der Waals surface area (Å²) < 4.78 is 16.7. The summed E-state index contributed by atoms with van der Waals surface area (Å²) in [4.78, 5) is 18.6. The maximum atomic E-state index is 12.3. The van der Waals surface area contributed by atoms with Crippen LogP contribution >= 0.6 is 0 Å². The molecule has 1 amide bonds. The molecular weight excluding hydrogens is 408 g/mol. The van der Waals surface area contributed by atoms with Crippen LogP contribution in [0.2, 0.25) is 0 Å². The highest BCUT2D eigenvalue weighted by atomic mass is 16.5. The van der Waals surface area contributed by atoms with Gasteiger partial charge in [-0.2, -0.15) is 5.10 Å². The summed E-state index contributed by atoms with van der Waals surface area (Å²) in [6.07, 6.45) is 1.68. The first-order valence-electron chi connectivity index (χ1n) is 10.6. The summed E-state index contributed by atoms with van der Waals surface area (Å²) in [5.74, 6) is 1.69. The average Bonchev–Trinajstić information content (AvgIpc) is 2.84. The third-order valence-electron chi connectivity index (χ3n) is 4.97. The Morgan fingerprint density at radius 3 is 2.81 bits per heavy atom. The van der Waals surface area contributed by atoms with E-state index >= 15 is 0 Å². The normalized spacial score (nSPS) is 14.0. The van der Waals surface area contributed by atoms with Gasteiger partial charge in [-0.15, -0.1) is 0 Å². The molecule has 2 aromatic carbocycles. The van der Waals surface area contributed by atoms with Gasteiger partial charge >= 0.3 is 0 Å². The number of benzene rings is 2. The number of hydrogen-bond donors (Lipinski definition) is 1. The van der Waals surface area contributed by atoms with Crippen LogP contribution in [0.5, 0.6) is 11.5 Å². The van der Waals surface area contributed by atoms with Crippen LogP contribution in [0.3, 0.4) is 0 Å². The lowest BCUT2D eigenvalue weighted by atomic mass is 10.2. The van der Waals surface area contributed by atoms with Crippen molar-refractivity contribution in [2.45, 2.75) is 6.92 Å². The van der Waals surface area contributed by atoms with Crippen LogP contribution in [-0.4, -0.2) is 61.5 Å². The number of carbonyl (C=O) groups is 1. The fourth-order valence-corrected chi connectivity index (χ4v) is 3.34. The number of ether oxygens (including phenoxy) is 3. The fraction of sp³-hybridized carbons (Fsp3) is 0.292. The molecule has 1 fully saturated rings. The molecule has 1 aromatic heterocycles. The monoisotopic (exact) mass is 434 g/mol. The molecule has 32 heavy (non-hydrogen) atoms. The summed E-state index contributed by atoms with van der Waals surface area (Å²) in [5, 5.41) is 5.35. The van der Waals surface area contributed by atoms with Crippen LogP contribution in [0.15, 0.2) is 59.7 Å². The Morgan fingerprint density at radius 1 is 1.12 bits per heavy atom. The Hall–Kier alpha value is -3.65. The molecule has 0 bridgehead atoms. The van der Waals surface area contributed by atoms with E-state index in [1.54, 1.807) is 17.2 Å². The lowest BCUT2D eigenvalue weighted by Crippen LogP contribution is -2.43. The van der Waals surface area contributed by atoms with Gasteiger partial charge in [-0.3, -0.25) is 10.2 Å². The number of pyridine rings is 1. The molecule has 1 saturated heterocycles. The van der Waals surface area contributed by atoms with Crippen LogP contribution in [0.4, 0.5) is 5.82 Å². The topological polar surface area (TPSA) is 85.3 Å². The van der Waals surface area contributed by atoms with Crippen LogP contribution in [0.25, 0.3) is 10.9 Å². The molecule has 1 N–H and O–H groups in total. The van der Waals surface area contributed by atoms with Gasteiger partial charge in [-0.05, 0) is 48.9 Å². The third-order valence-corrected chi connectivity index (χ3v) is 4.97. The number of para-hydroxylation sites is 1. The van der Waals surface area contributed by atoms with Crippen molar-refractivity contribution in [2.75, 3.05) is 44.9 Å². The maximum Gasteiger partial charge on any atom is 0.260 e. The van der Waals surface area contributed by atoms with Gasteiger partial charge in [0.2, 0.25) is 0 Å². The number of hydrogen-bond acceptors (Lipinski definition) is 7. The van der Waals surface area contributed by atoms with Gasteiger partial charge in [0.25, 0.3) is 5.91 Å². The Morgan fingerprint density at radius 2 is 1.97 bits per heavy atom. The fourth-order valence-electron chi connectivity index (χ4n) is 3.34. The summed E-state index contributed by atoms with van der Waals surface area (Å²) in [5.41, 5.74) is 4.68. The molecular formula is C24H26N4O4. The number of carbonyl (C=O) groups excluding carboxylic acids is 1. The molecule has 0 spiro atoms. The average molecular weight is 434 g/mol. The van der Waals surface area contributed by atoms with Gasteiger partial charge in [0.1, 0.15) is 5.82 Å². The second-order valence-corrected chi connectivity index (χ2v) is 7.18. The van der Waals surface area contributed by atoms with E-state index < -0.39 is 0 Å². The zero-order valence-corrected chi connectivity index (χ0v) is 18.0. The van der Waals surface area contributed by atoms with Crippen molar-refractivity contribution in [3.05, 3.63) is 60.2 Å². The molecule has 0 aliphatic carbocycles. The number of amides is 1. The zero-order valence-electron chi connectivity index (χ0n) is 18.0. The highest BCUT2D eigenvalue weighted by Gasteiger charge is 2.18. The maximum absolute atomic E-state index is 12.3. The Labute approximate surface area is 186 Å². The van der Waals surface area contributed by atoms with Gasteiger partial charge in [0.05, 0.1) is 31.6 Å². The highest BCUT2D eigenvalue weighted by Crippen LogP contribution is 2.28. The van der Waals surface area contributed by atoms with Crippen molar-refractivity contribution in [3.8, 4) is 11.5 Å². The van der Waals surface area contributed by atoms with Crippen LogP contribution in [0, 0.1) is 0 Å². The third kappa shape index (κ3) is 5.53. The van der Waals surface area contributed by atoms with Crippen LogP contribution in [0.1, 0.15) is 12.5 Å². The molecule has 8 heteroatoms. The van der Waals surface area contributed by atoms with E-state index in [4.69, 9.17) is 14.2 Å². The van der Waals surface area contributed by atoms with E-state index in [9.17, 15) is 4.79 Å². The van der Waals surface area contributed by atoms with E-state index in [-0.39, 0.29) is 12.5 Å². The van der Waals surface area contributed by atoms with E-state index in [1.807, 2.05) is 55.5 Å². The molecule has 4 rings (SSSR count). The minimum absolute atomic E-state index is 0.0390. The molecule has 0 radical (unpaired) electrons. The van der Waals surface area contributed by atoms with Crippen LogP contribution in [-0.2, 0) is 9.53 Å². The minimum Gasteiger partial charge on any atom is -0.490 e. The number of nitrogens with one attached hydrogen (secondary N) is 1. The quantitative estimate of drug-likeness (QED) is 0.433. The van der Waals surface area contributed by atoms with Gasteiger partial charge in [0, 0.05) is 18.5 Å². The number of aromatic nitrogens is 1. The second-order valence-electron chi connectivity index (χ2n) is 7.18. The smallest absolute Gasteiger partial charge is 0.260 e. The highest BCUT2D eigenvalue weighted by molar-refractivity contribution is 5.83. The van der Waals surface area contributed by atoms with Crippen molar-refractivity contribution in [3.63, 3.8) is 0 Å². The summed E-state index contributed by atoms with van der Waals surface area (Å²) >= 11 is 0. The Kier molecular flexibility index (Phi) is 7.14. The van der Waals surface area contributed by atoms with Crippen molar-refractivity contribution in [1.82, 2.24) is 9.88 Å². The second kappa shape index (κ2) is 10.6. The number of anilines is 1. The van der Waals surface area contributed by atoms with E-state index in [0.717, 1.165) is 16.5 Å². The molecule has 1 aliphatic rings. The lowest BCUT2D eigenvalue weighted by Gasteiger charge is -2.26. The molecule has 0 unspecified atom stereocenters. The first-order valence-corrected chi connectivity index (χ1v) is 10.6. The molecule has 0 saturated carbocycles. The lowest BCUT2D eigenvalue weighted by molar-refractivity contribution is -0.137. The van der Waals surface area contributed by atoms with Crippen molar-refractivity contribution in [1.29, 1.82) is 0 Å². The molecule has 166 valence electrons. The van der Waals surface area contributed by atoms with Gasteiger partial charge in [0.15, 0.2) is 18.1 Å². The molecule has 8 nitrogen and oxygen atoms in total. The SMILES string of the molecule is CCOc1cc(C=NNc2ccc3ccccc3n2)ccc1OCC(=O)N1CCOCC1. The molecule has 0 atom stereocenters. The predicted molar refractivity (Wildman–Crippen MR) is 123 cm³/mol. The van der Waals surface area contributed by atoms with Gasteiger partial charge in [-0.25, -0.2) is 4.98 Å². The number of rotatable bonds is 8. The number of nitrogens with zero attached hydrogens (tertiary/aromatic N) is 3. The number of hydrazone groups is 1. The molecule has 2 heterocycles. The minimum atomic E-state index is -0.0616. The summed E-state index contributed by atoms with van der Waals surface area (Å²) in [6, 6.07) is 17.3. The van der Waals surface area contributed by atoms with Crippen molar-refractivity contribution < 1.29 is 19.0 Å². The summed E-state index contributed by atoms with van der Waals surface area (Å²) in [7, 11) is 0. The Balaban J connectivity index is 1.39. The van der Waals surface area contributed by atoms with Crippen LogP contribution < -0.4 is 14.9 Å². The van der Waals surface area contributed by atoms with E-state index in [1.165, 1.54) is 0 Å². The predicted octanol–water partition coefficient (Wildman–Crippen LogP) is 3.32. The van der Waals surface area contributed by atoms with E-state index in [0.29, 0.717) is 50.2 Å². The molecule has 1 aliphatic heterocycles. The van der Waals surface area contributed by atoms with Gasteiger partial charge in [-0.1, -0.05) is 18.2 Å². The van der Waals surface area contributed by atoms with Crippen molar-refractivity contribution >= 4 is 28.8 Å². The number of morpholine rings is 1. The van der Waals surface area contributed by atoms with Crippen molar-refractivity contribution in [2.24, 2.45) is 5.10 Å². The first kappa shape index (κ1) is 21.6. The zero-order chi connectivity index (χ0) is 22.2. The number of fused-ring (bicyclic) bond motifs is 1.